The van der Waals surface area contributed by atoms with E-state index in [0.29, 0.717) is 12.6 Å². The summed E-state index contributed by atoms with van der Waals surface area (Å²) in [5.74, 6) is 1.75. The SMILES string of the molecule is CCNC(COc1cccc(COC)c1)C1CC1. The van der Waals surface area contributed by atoms with E-state index >= 15 is 0 Å². The molecule has 0 bridgehead atoms. The van der Waals surface area contributed by atoms with Crippen LogP contribution in [0.2, 0.25) is 0 Å². The molecular formula is C15H23NO2. The third-order valence-electron chi connectivity index (χ3n) is 3.30. The van der Waals surface area contributed by atoms with Crippen LogP contribution in [0.25, 0.3) is 0 Å². The molecular weight excluding hydrogens is 226 g/mol. The van der Waals surface area contributed by atoms with Gasteiger partial charge in [-0.3, -0.25) is 0 Å². The van der Waals surface area contributed by atoms with Crippen LogP contribution in [0.4, 0.5) is 0 Å². The molecule has 1 aliphatic rings. The topological polar surface area (TPSA) is 30.5 Å². The molecule has 1 unspecified atom stereocenters. The highest BCUT2D eigenvalue weighted by atomic mass is 16.5. The van der Waals surface area contributed by atoms with Crippen LogP contribution < -0.4 is 10.1 Å². The van der Waals surface area contributed by atoms with Gasteiger partial charge in [0.15, 0.2) is 0 Å². The van der Waals surface area contributed by atoms with Crippen LogP contribution in [-0.4, -0.2) is 26.3 Å². The number of hydrogen-bond donors (Lipinski definition) is 1. The fourth-order valence-electron chi connectivity index (χ4n) is 2.20. The van der Waals surface area contributed by atoms with Gasteiger partial charge in [0.25, 0.3) is 0 Å². The zero-order valence-corrected chi connectivity index (χ0v) is 11.3. The summed E-state index contributed by atoms with van der Waals surface area (Å²) < 4.78 is 11.0. The molecule has 18 heavy (non-hydrogen) atoms. The van der Waals surface area contributed by atoms with Crippen LogP contribution in [0.5, 0.6) is 5.75 Å². The standard InChI is InChI=1S/C15H23NO2/c1-3-16-15(13-7-8-13)11-18-14-6-4-5-12(9-14)10-17-2/h4-6,9,13,15-16H,3,7-8,10-11H2,1-2H3. The second kappa shape index (κ2) is 6.76. The van der Waals surface area contributed by atoms with Gasteiger partial charge < -0.3 is 14.8 Å². The van der Waals surface area contributed by atoms with Crippen molar-refractivity contribution in [3.05, 3.63) is 29.8 Å². The van der Waals surface area contributed by atoms with Crippen LogP contribution in [0.3, 0.4) is 0 Å². The maximum absolute atomic E-state index is 5.89. The van der Waals surface area contributed by atoms with Gasteiger partial charge in [0.1, 0.15) is 12.4 Å². The number of benzene rings is 1. The Kier molecular flexibility index (Phi) is 5.02. The average molecular weight is 249 g/mol. The third-order valence-corrected chi connectivity index (χ3v) is 3.30. The molecule has 1 atom stereocenters. The fraction of sp³-hybridized carbons (Fsp3) is 0.600. The second-order valence-electron chi connectivity index (χ2n) is 4.89. The average Bonchev–Trinajstić information content (AvgIpc) is 3.20. The van der Waals surface area contributed by atoms with Gasteiger partial charge >= 0.3 is 0 Å². The minimum atomic E-state index is 0.501. The summed E-state index contributed by atoms with van der Waals surface area (Å²) in [5.41, 5.74) is 1.15. The van der Waals surface area contributed by atoms with Gasteiger partial charge in [0.05, 0.1) is 6.61 Å². The lowest BCUT2D eigenvalue weighted by molar-refractivity contribution is 0.184. The molecule has 0 heterocycles. The molecule has 3 heteroatoms. The van der Waals surface area contributed by atoms with E-state index < -0.39 is 0 Å². The molecule has 1 saturated carbocycles. The van der Waals surface area contributed by atoms with Gasteiger partial charge in [0, 0.05) is 13.2 Å². The van der Waals surface area contributed by atoms with Crippen molar-refractivity contribution in [3.8, 4) is 5.75 Å². The Hall–Kier alpha value is -1.06. The zero-order chi connectivity index (χ0) is 12.8. The van der Waals surface area contributed by atoms with Crippen LogP contribution in [0.15, 0.2) is 24.3 Å². The molecule has 0 aliphatic heterocycles. The summed E-state index contributed by atoms with van der Waals surface area (Å²) in [4.78, 5) is 0. The summed E-state index contributed by atoms with van der Waals surface area (Å²) in [6.45, 7) is 4.55. The molecule has 1 fully saturated rings. The second-order valence-corrected chi connectivity index (χ2v) is 4.89. The lowest BCUT2D eigenvalue weighted by atomic mass is 10.2. The van der Waals surface area contributed by atoms with Gasteiger partial charge in [-0.1, -0.05) is 19.1 Å². The largest absolute Gasteiger partial charge is 0.492 e. The molecule has 1 N–H and O–H groups in total. The van der Waals surface area contributed by atoms with Crippen LogP contribution in [-0.2, 0) is 11.3 Å². The summed E-state index contributed by atoms with van der Waals surface area (Å²) in [6.07, 6.45) is 2.68. The van der Waals surface area contributed by atoms with Crippen LogP contribution in [0.1, 0.15) is 25.3 Å². The molecule has 0 amide bonds. The first-order chi connectivity index (χ1) is 8.83. The molecule has 1 aromatic rings. The lowest BCUT2D eigenvalue weighted by Crippen LogP contribution is -2.36. The minimum Gasteiger partial charge on any atom is -0.492 e. The Morgan fingerprint density at radius 2 is 2.22 bits per heavy atom. The van der Waals surface area contributed by atoms with Crippen molar-refractivity contribution < 1.29 is 9.47 Å². The van der Waals surface area contributed by atoms with E-state index in [4.69, 9.17) is 9.47 Å². The molecule has 100 valence electrons. The van der Waals surface area contributed by atoms with Crippen LogP contribution in [0, 0.1) is 5.92 Å². The first kappa shape index (κ1) is 13.4. The number of likely N-dealkylation sites (N-methyl/N-ethyl adjacent to an activating group) is 1. The van der Waals surface area contributed by atoms with Gasteiger partial charge in [0.2, 0.25) is 0 Å². The van der Waals surface area contributed by atoms with Crippen molar-refractivity contribution >= 4 is 0 Å². The molecule has 2 rings (SSSR count). The monoisotopic (exact) mass is 249 g/mol. The predicted octanol–water partition coefficient (Wildman–Crippen LogP) is 2.60. The Balaban J connectivity index is 1.85. The fourth-order valence-corrected chi connectivity index (χ4v) is 2.20. The number of hydrogen-bond acceptors (Lipinski definition) is 3. The van der Waals surface area contributed by atoms with E-state index in [0.717, 1.165) is 30.4 Å². The molecule has 0 spiro atoms. The number of rotatable bonds is 8. The van der Waals surface area contributed by atoms with E-state index in [2.05, 4.69) is 24.4 Å². The normalized spacial score (nSPS) is 16.6. The van der Waals surface area contributed by atoms with Crippen molar-refractivity contribution in [2.75, 3.05) is 20.3 Å². The number of nitrogens with one attached hydrogen (secondary N) is 1. The summed E-state index contributed by atoms with van der Waals surface area (Å²) in [7, 11) is 1.71. The maximum Gasteiger partial charge on any atom is 0.119 e. The summed E-state index contributed by atoms with van der Waals surface area (Å²) in [6, 6.07) is 8.64. The number of methoxy groups -OCH3 is 1. The molecule has 0 saturated heterocycles. The van der Waals surface area contributed by atoms with E-state index in [1.807, 2.05) is 12.1 Å². The van der Waals surface area contributed by atoms with Gasteiger partial charge in [-0.25, -0.2) is 0 Å². The van der Waals surface area contributed by atoms with E-state index in [9.17, 15) is 0 Å². The number of ether oxygens (including phenoxy) is 2. The quantitative estimate of drug-likeness (QED) is 0.768. The highest BCUT2D eigenvalue weighted by molar-refractivity contribution is 5.28. The predicted molar refractivity (Wildman–Crippen MR) is 72.8 cm³/mol. The van der Waals surface area contributed by atoms with Crippen molar-refractivity contribution in [1.29, 1.82) is 0 Å². The maximum atomic E-state index is 5.89. The summed E-state index contributed by atoms with van der Waals surface area (Å²) >= 11 is 0. The highest BCUT2D eigenvalue weighted by Crippen LogP contribution is 2.32. The van der Waals surface area contributed by atoms with E-state index in [-0.39, 0.29) is 0 Å². The van der Waals surface area contributed by atoms with Crippen molar-refractivity contribution in [1.82, 2.24) is 5.32 Å². The minimum absolute atomic E-state index is 0.501. The van der Waals surface area contributed by atoms with Crippen LogP contribution >= 0.6 is 0 Å². The summed E-state index contributed by atoms with van der Waals surface area (Å²) in [5, 5.41) is 3.50. The Labute approximate surface area is 109 Å². The van der Waals surface area contributed by atoms with Gasteiger partial charge in [-0.15, -0.1) is 0 Å². The molecule has 0 radical (unpaired) electrons. The molecule has 3 nitrogen and oxygen atoms in total. The Morgan fingerprint density at radius 3 is 2.89 bits per heavy atom. The molecule has 1 aliphatic carbocycles. The molecule has 0 aromatic heterocycles. The van der Waals surface area contributed by atoms with Crippen molar-refractivity contribution in [3.63, 3.8) is 0 Å². The smallest absolute Gasteiger partial charge is 0.119 e. The van der Waals surface area contributed by atoms with Crippen molar-refractivity contribution in [2.24, 2.45) is 5.92 Å². The highest BCUT2D eigenvalue weighted by Gasteiger charge is 2.30. The van der Waals surface area contributed by atoms with Gasteiger partial charge in [-0.05, 0) is 43.0 Å². The first-order valence-corrected chi connectivity index (χ1v) is 6.77. The zero-order valence-electron chi connectivity index (χ0n) is 11.3. The van der Waals surface area contributed by atoms with E-state index in [1.165, 1.54) is 12.8 Å². The third kappa shape index (κ3) is 4.00. The Morgan fingerprint density at radius 1 is 1.39 bits per heavy atom. The first-order valence-electron chi connectivity index (χ1n) is 6.77. The lowest BCUT2D eigenvalue weighted by Gasteiger charge is -2.18. The van der Waals surface area contributed by atoms with E-state index in [1.54, 1.807) is 7.11 Å². The van der Waals surface area contributed by atoms with Crippen molar-refractivity contribution in [2.45, 2.75) is 32.4 Å². The molecule has 1 aromatic carbocycles. The van der Waals surface area contributed by atoms with Gasteiger partial charge in [-0.2, -0.15) is 0 Å². The Bertz CT molecular complexity index is 363.